The van der Waals surface area contributed by atoms with E-state index >= 15 is 0 Å². The molecule has 1 atom stereocenters. The Hall–Kier alpha value is -2.89. The Kier molecular flexibility index (Phi) is 5.21. The minimum absolute atomic E-state index is 0.145. The van der Waals surface area contributed by atoms with Crippen LogP contribution in [0.2, 0.25) is 0 Å². The second-order valence-electron chi connectivity index (χ2n) is 6.49. The van der Waals surface area contributed by atoms with Gasteiger partial charge in [0.1, 0.15) is 11.9 Å². The summed E-state index contributed by atoms with van der Waals surface area (Å²) >= 11 is 0. The number of halogens is 1. The van der Waals surface area contributed by atoms with Crippen LogP contribution >= 0.6 is 0 Å². The zero-order valence-corrected chi connectivity index (χ0v) is 14.9. The van der Waals surface area contributed by atoms with E-state index in [0.717, 1.165) is 29.9 Å². The Bertz CT molecular complexity index is 838. The highest BCUT2D eigenvalue weighted by Gasteiger charge is 2.23. The van der Waals surface area contributed by atoms with E-state index in [0.29, 0.717) is 6.42 Å². The van der Waals surface area contributed by atoms with Gasteiger partial charge in [-0.05, 0) is 56.2 Å². The molecule has 1 heterocycles. The predicted octanol–water partition coefficient (Wildman–Crippen LogP) is 3.70. The van der Waals surface area contributed by atoms with E-state index in [9.17, 15) is 14.0 Å². The lowest BCUT2D eigenvalue weighted by Gasteiger charge is -2.20. The van der Waals surface area contributed by atoms with Crippen molar-refractivity contribution in [1.82, 2.24) is 0 Å². The highest BCUT2D eigenvalue weighted by atomic mass is 19.1. The van der Waals surface area contributed by atoms with Crippen LogP contribution in [0.4, 0.5) is 21.5 Å². The first-order valence-corrected chi connectivity index (χ1v) is 8.68. The lowest BCUT2D eigenvalue weighted by Crippen LogP contribution is -2.32. The lowest BCUT2D eigenvalue weighted by molar-refractivity contribution is -0.117. The Labute approximate surface area is 152 Å². The fraction of sp³-hybridized carbons (Fsp3) is 0.300. The molecule has 6 heteroatoms. The van der Waals surface area contributed by atoms with Gasteiger partial charge >= 0.3 is 0 Å². The van der Waals surface area contributed by atoms with Crippen LogP contribution in [0.3, 0.4) is 0 Å². The first-order valence-electron chi connectivity index (χ1n) is 8.68. The fourth-order valence-corrected chi connectivity index (χ4v) is 3.07. The number of rotatable bonds is 5. The van der Waals surface area contributed by atoms with Gasteiger partial charge in [-0.3, -0.25) is 9.59 Å². The van der Waals surface area contributed by atoms with Crippen molar-refractivity contribution in [1.29, 1.82) is 0 Å². The Morgan fingerprint density at radius 2 is 2.00 bits per heavy atom. The van der Waals surface area contributed by atoms with Crippen molar-refractivity contribution >= 4 is 28.9 Å². The third kappa shape index (κ3) is 3.85. The van der Waals surface area contributed by atoms with Crippen LogP contribution in [0.15, 0.2) is 42.5 Å². The molecule has 0 radical (unpaired) electrons. The van der Waals surface area contributed by atoms with Crippen LogP contribution in [0, 0.1) is 12.7 Å². The zero-order chi connectivity index (χ0) is 18.7. The van der Waals surface area contributed by atoms with E-state index in [2.05, 4.69) is 10.6 Å². The van der Waals surface area contributed by atoms with E-state index in [1.807, 2.05) is 25.1 Å². The maximum atomic E-state index is 13.6. The summed E-state index contributed by atoms with van der Waals surface area (Å²) in [6.07, 6.45) is 1.47. The summed E-state index contributed by atoms with van der Waals surface area (Å²) in [6, 6.07) is 11.2. The molecule has 2 aromatic rings. The lowest BCUT2D eigenvalue weighted by atomic mass is 10.1. The van der Waals surface area contributed by atoms with Gasteiger partial charge in [0.15, 0.2) is 0 Å². The van der Waals surface area contributed by atoms with Gasteiger partial charge in [0.05, 0.1) is 5.69 Å². The van der Waals surface area contributed by atoms with Crippen molar-refractivity contribution in [2.24, 2.45) is 0 Å². The van der Waals surface area contributed by atoms with Crippen LogP contribution in [-0.2, 0) is 9.59 Å². The summed E-state index contributed by atoms with van der Waals surface area (Å²) < 4.78 is 13.6. The van der Waals surface area contributed by atoms with Gasteiger partial charge in [0, 0.05) is 24.3 Å². The molecule has 0 bridgehead atoms. The second kappa shape index (κ2) is 7.56. The molecule has 1 saturated heterocycles. The van der Waals surface area contributed by atoms with Gasteiger partial charge < -0.3 is 15.5 Å². The number of carbonyl (C=O) groups excluding carboxylic acids is 2. The van der Waals surface area contributed by atoms with Gasteiger partial charge in [-0.1, -0.05) is 12.1 Å². The van der Waals surface area contributed by atoms with Crippen LogP contribution < -0.4 is 15.5 Å². The number of nitrogens with zero attached hydrogens (tertiary/aromatic N) is 1. The molecule has 0 unspecified atom stereocenters. The molecule has 0 aliphatic carbocycles. The number of nitrogens with one attached hydrogen (secondary N) is 2. The van der Waals surface area contributed by atoms with Gasteiger partial charge in [0.25, 0.3) is 0 Å². The van der Waals surface area contributed by atoms with E-state index in [4.69, 9.17) is 0 Å². The Morgan fingerprint density at radius 3 is 2.65 bits per heavy atom. The molecule has 1 aliphatic heterocycles. The van der Waals surface area contributed by atoms with Crippen LogP contribution in [0.5, 0.6) is 0 Å². The number of hydrogen-bond acceptors (Lipinski definition) is 3. The van der Waals surface area contributed by atoms with Crippen LogP contribution in [0.25, 0.3) is 0 Å². The molecule has 5 nitrogen and oxygen atoms in total. The van der Waals surface area contributed by atoms with E-state index in [1.165, 1.54) is 12.1 Å². The Balaban J connectivity index is 1.66. The molecule has 0 saturated carbocycles. The molecule has 1 fully saturated rings. The number of anilines is 3. The molecule has 26 heavy (non-hydrogen) atoms. The minimum Gasteiger partial charge on any atom is -0.374 e. The summed E-state index contributed by atoms with van der Waals surface area (Å²) in [5.41, 5.74) is 2.80. The topological polar surface area (TPSA) is 61.4 Å². The number of para-hydroxylation sites is 1. The fourth-order valence-electron chi connectivity index (χ4n) is 3.07. The summed E-state index contributed by atoms with van der Waals surface area (Å²) in [7, 11) is 0. The molecule has 2 N–H and O–H groups in total. The molecule has 0 aromatic heterocycles. The summed E-state index contributed by atoms with van der Waals surface area (Å²) in [5.74, 6) is -0.651. The maximum Gasteiger partial charge on any atom is 0.246 e. The number of carbonyl (C=O) groups is 2. The highest BCUT2D eigenvalue weighted by molar-refractivity contribution is 5.97. The van der Waals surface area contributed by atoms with Gasteiger partial charge in [-0.2, -0.15) is 0 Å². The molecule has 3 rings (SSSR count). The molecular formula is C20H22FN3O2. The third-order valence-corrected chi connectivity index (χ3v) is 4.47. The van der Waals surface area contributed by atoms with Crippen molar-refractivity contribution in [2.45, 2.75) is 32.7 Å². The maximum absolute atomic E-state index is 13.6. The molecule has 2 aromatic carbocycles. The van der Waals surface area contributed by atoms with E-state index in [1.54, 1.807) is 24.0 Å². The molecule has 1 aliphatic rings. The second-order valence-corrected chi connectivity index (χ2v) is 6.49. The van der Waals surface area contributed by atoms with Gasteiger partial charge in [-0.15, -0.1) is 0 Å². The van der Waals surface area contributed by atoms with Gasteiger partial charge in [0.2, 0.25) is 11.8 Å². The minimum atomic E-state index is -0.548. The van der Waals surface area contributed by atoms with Crippen LogP contribution in [0.1, 0.15) is 25.3 Å². The first kappa shape index (κ1) is 17.9. The Morgan fingerprint density at radius 1 is 1.23 bits per heavy atom. The van der Waals surface area contributed by atoms with Crippen molar-refractivity contribution in [3.63, 3.8) is 0 Å². The number of aryl methyl sites for hydroxylation is 1. The zero-order valence-electron chi connectivity index (χ0n) is 14.9. The number of hydrogen-bond donors (Lipinski definition) is 2. The SMILES string of the molecule is Cc1cc(N[C@H](C)C(=O)Nc2ccccc2F)ccc1N1CCCC1=O. The monoisotopic (exact) mass is 355 g/mol. The third-order valence-electron chi connectivity index (χ3n) is 4.47. The molecular weight excluding hydrogens is 333 g/mol. The van der Waals surface area contributed by atoms with Crippen molar-refractivity contribution < 1.29 is 14.0 Å². The quantitative estimate of drug-likeness (QED) is 0.860. The molecule has 136 valence electrons. The summed E-state index contributed by atoms with van der Waals surface area (Å²) in [4.78, 5) is 26.0. The van der Waals surface area contributed by atoms with Crippen LogP contribution in [-0.4, -0.2) is 24.4 Å². The van der Waals surface area contributed by atoms with Crippen molar-refractivity contribution in [3.05, 3.63) is 53.8 Å². The first-order chi connectivity index (χ1) is 12.5. The standard InChI is InChI=1S/C20H22FN3O2/c1-13-12-15(9-10-18(13)24-11-5-8-19(24)25)22-14(2)20(26)23-17-7-4-3-6-16(17)21/h3-4,6-7,9-10,12,14,22H,5,8,11H2,1-2H3,(H,23,26)/t14-/m1/s1. The van der Waals surface area contributed by atoms with Crippen molar-refractivity contribution in [3.8, 4) is 0 Å². The molecule has 2 amide bonds. The smallest absolute Gasteiger partial charge is 0.246 e. The van der Waals surface area contributed by atoms with E-state index in [-0.39, 0.29) is 17.5 Å². The number of benzene rings is 2. The molecule has 0 spiro atoms. The average molecular weight is 355 g/mol. The van der Waals surface area contributed by atoms with E-state index < -0.39 is 11.9 Å². The van der Waals surface area contributed by atoms with Gasteiger partial charge in [-0.25, -0.2) is 4.39 Å². The largest absolute Gasteiger partial charge is 0.374 e. The predicted molar refractivity (Wildman–Crippen MR) is 101 cm³/mol. The normalized spacial score (nSPS) is 15.0. The summed E-state index contributed by atoms with van der Waals surface area (Å²) in [6.45, 7) is 4.40. The highest BCUT2D eigenvalue weighted by Crippen LogP contribution is 2.27. The summed E-state index contributed by atoms with van der Waals surface area (Å²) in [5, 5.41) is 5.69. The number of amides is 2. The average Bonchev–Trinajstić information content (AvgIpc) is 3.03. The van der Waals surface area contributed by atoms with Crippen molar-refractivity contribution in [2.75, 3.05) is 22.1 Å².